The standard InChI is InChI=1S/C16H14N2O2S/c19-15(20)11-21-16-17-13-8-4-5-9-14(13)18(16)10-12-6-2-1-3-7-12/h1-9H,10-11H2,(H,19,20). The summed E-state index contributed by atoms with van der Waals surface area (Å²) < 4.78 is 2.07. The summed E-state index contributed by atoms with van der Waals surface area (Å²) in [5.74, 6) is -0.823. The SMILES string of the molecule is O=C(O)CSc1nc2ccccc2n1Cc1ccccc1. The van der Waals surface area contributed by atoms with E-state index in [4.69, 9.17) is 5.11 Å². The Morgan fingerprint density at radius 1 is 1.10 bits per heavy atom. The molecule has 1 aromatic heterocycles. The number of carbonyl (C=O) groups is 1. The van der Waals surface area contributed by atoms with E-state index in [1.165, 1.54) is 11.8 Å². The Balaban J connectivity index is 2.00. The molecule has 0 fully saturated rings. The molecule has 21 heavy (non-hydrogen) atoms. The summed E-state index contributed by atoms with van der Waals surface area (Å²) >= 11 is 1.25. The summed E-state index contributed by atoms with van der Waals surface area (Å²) in [6.07, 6.45) is 0. The minimum absolute atomic E-state index is 0.0120. The molecule has 4 nitrogen and oxygen atoms in total. The van der Waals surface area contributed by atoms with E-state index in [1.54, 1.807) is 0 Å². The van der Waals surface area contributed by atoms with Gasteiger partial charge in [0.15, 0.2) is 5.16 Å². The molecule has 3 aromatic rings. The molecule has 0 aliphatic rings. The second kappa shape index (κ2) is 6.01. The number of imidazole rings is 1. The van der Waals surface area contributed by atoms with Crippen molar-refractivity contribution >= 4 is 28.8 Å². The molecule has 0 radical (unpaired) electrons. The molecule has 0 saturated heterocycles. The average Bonchev–Trinajstić information content (AvgIpc) is 2.84. The van der Waals surface area contributed by atoms with Crippen LogP contribution in [-0.2, 0) is 11.3 Å². The average molecular weight is 298 g/mol. The lowest BCUT2D eigenvalue weighted by molar-refractivity contribution is -0.133. The van der Waals surface area contributed by atoms with Gasteiger partial charge in [0.1, 0.15) is 0 Å². The first-order valence-electron chi connectivity index (χ1n) is 6.58. The fraction of sp³-hybridized carbons (Fsp3) is 0.125. The highest BCUT2D eigenvalue weighted by molar-refractivity contribution is 7.99. The molecule has 0 atom stereocenters. The van der Waals surface area contributed by atoms with Crippen molar-refractivity contribution in [1.29, 1.82) is 0 Å². The number of aliphatic carboxylic acids is 1. The van der Waals surface area contributed by atoms with E-state index in [9.17, 15) is 4.79 Å². The highest BCUT2D eigenvalue weighted by Crippen LogP contribution is 2.25. The normalized spacial score (nSPS) is 10.9. The molecule has 3 rings (SSSR count). The van der Waals surface area contributed by atoms with Gasteiger partial charge < -0.3 is 9.67 Å². The smallest absolute Gasteiger partial charge is 0.313 e. The molecule has 1 N–H and O–H groups in total. The molecule has 0 spiro atoms. The van der Waals surface area contributed by atoms with Crippen molar-refractivity contribution in [2.75, 3.05) is 5.75 Å². The minimum Gasteiger partial charge on any atom is -0.481 e. The number of hydrogen-bond acceptors (Lipinski definition) is 3. The van der Waals surface area contributed by atoms with Gasteiger partial charge in [-0.2, -0.15) is 0 Å². The summed E-state index contributed by atoms with van der Waals surface area (Å²) in [4.78, 5) is 15.3. The van der Waals surface area contributed by atoms with Crippen LogP contribution >= 0.6 is 11.8 Å². The summed E-state index contributed by atoms with van der Waals surface area (Å²) in [7, 11) is 0. The van der Waals surface area contributed by atoms with E-state index in [0.717, 1.165) is 21.8 Å². The van der Waals surface area contributed by atoms with Gasteiger partial charge in [-0.1, -0.05) is 54.2 Å². The maximum Gasteiger partial charge on any atom is 0.313 e. The molecule has 0 aliphatic heterocycles. The van der Waals surface area contributed by atoms with E-state index in [2.05, 4.69) is 21.7 Å². The maximum atomic E-state index is 10.8. The number of thioether (sulfide) groups is 1. The van der Waals surface area contributed by atoms with E-state index in [0.29, 0.717) is 6.54 Å². The number of fused-ring (bicyclic) bond motifs is 1. The Bertz CT molecular complexity index is 768. The number of nitrogens with zero attached hydrogens (tertiary/aromatic N) is 2. The number of carboxylic acids is 1. The van der Waals surface area contributed by atoms with Crippen molar-refractivity contribution in [3.8, 4) is 0 Å². The van der Waals surface area contributed by atoms with Crippen molar-refractivity contribution in [3.63, 3.8) is 0 Å². The Morgan fingerprint density at radius 2 is 1.81 bits per heavy atom. The monoisotopic (exact) mass is 298 g/mol. The van der Waals surface area contributed by atoms with Gasteiger partial charge in [-0.3, -0.25) is 4.79 Å². The van der Waals surface area contributed by atoms with Gasteiger partial charge in [-0.25, -0.2) is 4.98 Å². The van der Waals surface area contributed by atoms with Crippen molar-refractivity contribution in [3.05, 3.63) is 60.2 Å². The van der Waals surface area contributed by atoms with E-state index >= 15 is 0 Å². The number of rotatable bonds is 5. The molecule has 0 bridgehead atoms. The fourth-order valence-corrected chi connectivity index (χ4v) is 2.94. The predicted octanol–water partition coefficient (Wildman–Crippen LogP) is 3.26. The number of hydrogen-bond donors (Lipinski definition) is 1. The largest absolute Gasteiger partial charge is 0.481 e. The molecule has 5 heteroatoms. The second-order valence-electron chi connectivity index (χ2n) is 4.64. The zero-order valence-corrected chi connectivity index (χ0v) is 12.1. The van der Waals surface area contributed by atoms with Crippen molar-refractivity contribution in [1.82, 2.24) is 9.55 Å². The lowest BCUT2D eigenvalue weighted by atomic mass is 10.2. The first kappa shape index (κ1) is 13.7. The number of benzene rings is 2. The summed E-state index contributed by atoms with van der Waals surface area (Å²) in [5.41, 5.74) is 3.08. The number of aromatic nitrogens is 2. The van der Waals surface area contributed by atoms with Crippen LogP contribution in [0, 0.1) is 0 Å². The molecular weight excluding hydrogens is 284 g/mol. The Hall–Kier alpha value is -2.27. The predicted molar refractivity (Wildman–Crippen MR) is 83.6 cm³/mol. The Morgan fingerprint density at radius 3 is 2.57 bits per heavy atom. The quantitative estimate of drug-likeness (QED) is 0.735. The summed E-state index contributed by atoms with van der Waals surface area (Å²) in [6, 6.07) is 18.0. The lowest BCUT2D eigenvalue weighted by Gasteiger charge is -2.08. The minimum atomic E-state index is -0.835. The molecule has 0 unspecified atom stereocenters. The van der Waals surface area contributed by atoms with Gasteiger partial charge >= 0.3 is 5.97 Å². The highest BCUT2D eigenvalue weighted by atomic mass is 32.2. The molecule has 0 saturated carbocycles. The third-order valence-corrected chi connectivity index (χ3v) is 4.09. The van der Waals surface area contributed by atoms with Crippen LogP contribution in [0.15, 0.2) is 59.8 Å². The van der Waals surface area contributed by atoms with Crippen LogP contribution in [0.2, 0.25) is 0 Å². The van der Waals surface area contributed by atoms with Gasteiger partial charge in [-0.05, 0) is 17.7 Å². The van der Waals surface area contributed by atoms with Crippen molar-refractivity contribution in [2.45, 2.75) is 11.7 Å². The second-order valence-corrected chi connectivity index (χ2v) is 5.58. The molecule has 0 amide bonds. The third kappa shape index (κ3) is 3.08. The van der Waals surface area contributed by atoms with Crippen LogP contribution in [0.3, 0.4) is 0 Å². The van der Waals surface area contributed by atoms with Crippen LogP contribution in [0.5, 0.6) is 0 Å². The topological polar surface area (TPSA) is 55.1 Å². The van der Waals surface area contributed by atoms with Gasteiger partial charge in [-0.15, -0.1) is 0 Å². The van der Waals surface area contributed by atoms with E-state index in [-0.39, 0.29) is 5.75 Å². The van der Waals surface area contributed by atoms with Gasteiger partial charge in [0.25, 0.3) is 0 Å². The molecule has 1 heterocycles. The summed E-state index contributed by atoms with van der Waals surface area (Å²) in [6.45, 7) is 0.684. The van der Waals surface area contributed by atoms with Crippen LogP contribution in [0.1, 0.15) is 5.56 Å². The van der Waals surface area contributed by atoms with E-state index in [1.807, 2.05) is 42.5 Å². The number of carboxylic acid groups (broad SMARTS) is 1. The lowest BCUT2D eigenvalue weighted by Crippen LogP contribution is -2.04. The number of para-hydroxylation sites is 2. The van der Waals surface area contributed by atoms with Crippen LogP contribution in [-0.4, -0.2) is 26.4 Å². The first-order chi connectivity index (χ1) is 10.2. The molecule has 2 aromatic carbocycles. The Kier molecular flexibility index (Phi) is 3.92. The summed E-state index contributed by atoms with van der Waals surface area (Å²) in [5, 5.41) is 9.61. The van der Waals surface area contributed by atoms with Crippen molar-refractivity contribution < 1.29 is 9.90 Å². The third-order valence-electron chi connectivity index (χ3n) is 3.13. The Labute approximate surface area is 126 Å². The van der Waals surface area contributed by atoms with E-state index < -0.39 is 5.97 Å². The van der Waals surface area contributed by atoms with Gasteiger partial charge in [0.2, 0.25) is 0 Å². The van der Waals surface area contributed by atoms with Crippen LogP contribution in [0.4, 0.5) is 0 Å². The van der Waals surface area contributed by atoms with Crippen molar-refractivity contribution in [2.24, 2.45) is 0 Å². The zero-order chi connectivity index (χ0) is 14.7. The van der Waals surface area contributed by atoms with Gasteiger partial charge in [0.05, 0.1) is 23.3 Å². The van der Waals surface area contributed by atoms with Crippen LogP contribution in [0.25, 0.3) is 11.0 Å². The maximum absolute atomic E-state index is 10.8. The zero-order valence-electron chi connectivity index (χ0n) is 11.3. The molecule has 106 valence electrons. The van der Waals surface area contributed by atoms with Gasteiger partial charge in [0, 0.05) is 0 Å². The molecule has 0 aliphatic carbocycles. The van der Waals surface area contributed by atoms with Crippen LogP contribution < -0.4 is 0 Å². The fourth-order valence-electron chi connectivity index (χ4n) is 2.21. The highest BCUT2D eigenvalue weighted by Gasteiger charge is 2.12. The first-order valence-corrected chi connectivity index (χ1v) is 7.56. The molecular formula is C16H14N2O2S.